The minimum atomic E-state index is -0.561. The van der Waals surface area contributed by atoms with Gasteiger partial charge in [-0.05, 0) is 36.4 Å². The van der Waals surface area contributed by atoms with Crippen molar-refractivity contribution in [2.24, 2.45) is 0 Å². The minimum absolute atomic E-state index is 0.0454. The van der Waals surface area contributed by atoms with Gasteiger partial charge >= 0.3 is 0 Å². The molecular weight excluding hydrogens is 306 g/mol. The van der Waals surface area contributed by atoms with E-state index in [2.05, 4.69) is 5.32 Å². The molecule has 0 aliphatic heterocycles. The van der Waals surface area contributed by atoms with Crippen LogP contribution < -0.4 is 10.7 Å². The van der Waals surface area contributed by atoms with Crippen molar-refractivity contribution in [3.05, 3.63) is 69.5 Å². The quantitative estimate of drug-likeness (QED) is 0.759. The number of anilines is 1. The first-order chi connectivity index (χ1) is 10.5. The van der Waals surface area contributed by atoms with Crippen molar-refractivity contribution in [2.75, 3.05) is 5.32 Å². The highest BCUT2D eigenvalue weighted by Gasteiger charge is 2.13. The van der Waals surface area contributed by atoms with E-state index in [-0.39, 0.29) is 22.5 Å². The lowest BCUT2D eigenvalue weighted by Gasteiger charge is -2.06. The Hall–Kier alpha value is -2.79. The van der Waals surface area contributed by atoms with Crippen LogP contribution in [0, 0.1) is 0 Å². The second kappa shape index (κ2) is 5.54. The maximum absolute atomic E-state index is 12.2. The number of aromatic hydroxyl groups is 1. The van der Waals surface area contributed by atoms with Gasteiger partial charge < -0.3 is 14.8 Å². The third-order valence-corrected chi connectivity index (χ3v) is 3.25. The van der Waals surface area contributed by atoms with Gasteiger partial charge in [-0.1, -0.05) is 17.7 Å². The van der Waals surface area contributed by atoms with Gasteiger partial charge in [0.15, 0.2) is 11.2 Å². The summed E-state index contributed by atoms with van der Waals surface area (Å²) in [5, 5.41) is 12.7. The Bertz CT molecular complexity index is 933. The molecule has 1 heterocycles. The molecule has 0 spiro atoms. The summed E-state index contributed by atoms with van der Waals surface area (Å²) in [5.74, 6) is -0.728. The van der Waals surface area contributed by atoms with Gasteiger partial charge in [-0.15, -0.1) is 0 Å². The van der Waals surface area contributed by atoms with Crippen LogP contribution in [0.5, 0.6) is 5.75 Å². The maximum atomic E-state index is 12.2. The lowest BCUT2D eigenvalue weighted by Crippen LogP contribution is -2.14. The number of phenolic OH excluding ortho intramolecular Hbond substituents is 1. The van der Waals surface area contributed by atoms with Crippen LogP contribution in [0.4, 0.5) is 5.69 Å². The Kier molecular flexibility index (Phi) is 3.56. The molecule has 0 radical (unpaired) electrons. The molecule has 0 unspecified atom stereocenters. The average Bonchev–Trinajstić information content (AvgIpc) is 2.48. The summed E-state index contributed by atoms with van der Waals surface area (Å²) in [7, 11) is 0. The van der Waals surface area contributed by atoms with Crippen molar-refractivity contribution in [2.45, 2.75) is 0 Å². The number of halogens is 1. The summed E-state index contributed by atoms with van der Waals surface area (Å²) in [6.45, 7) is 0. The number of rotatable bonds is 2. The van der Waals surface area contributed by atoms with Crippen molar-refractivity contribution >= 4 is 34.2 Å². The fraction of sp³-hybridized carbons (Fsp3) is 0. The van der Waals surface area contributed by atoms with Gasteiger partial charge in [0.05, 0.1) is 5.39 Å². The van der Waals surface area contributed by atoms with Crippen molar-refractivity contribution < 1.29 is 14.3 Å². The minimum Gasteiger partial charge on any atom is -0.508 e. The summed E-state index contributed by atoms with van der Waals surface area (Å²) in [6, 6.07) is 11.8. The van der Waals surface area contributed by atoms with Crippen LogP contribution in [0.1, 0.15) is 10.6 Å². The highest BCUT2D eigenvalue weighted by atomic mass is 35.5. The number of phenols is 1. The monoisotopic (exact) mass is 315 g/mol. The van der Waals surface area contributed by atoms with E-state index in [9.17, 15) is 14.7 Å². The van der Waals surface area contributed by atoms with Gasteiger partial charge in [0.1, 0.15) is 11.3 Å². The summed E-state index contributed by atoms with van der Waals surface area (Å²) >= 11 is 5.84. The number of hydrogen-bond acceptors (Lipinski definition) is 4. The van der Waals surface area contributed by atoms with Crippen LogP contribution in [0.3, 0.4) is 0 Å². The first-order valence-electron chi connectivity index (χ1n) is 6.37. The van der Waals surface area contributed by atoms with Crippen LogP contribution >= 0.6 is 11.6 Å². The second-order valence-corrected chi connectivity index (χ2v) is 5.06. The van der Waals surface area contributed by atoms with E-state index in [0.29, 0.717) is 10.7 Å². The van der Waals surface area contributed by atoms with E-state index in [1.807, 2.05) is 0 Å². The van der Waals surface area contributed by atoms with Gasteiger partial charge in [-0.3, -0.25) is 9.59 Å². The number of hydrogen-bond donors (Lipinski definition) is 2. The number of nitrogens with one attached hydrogen (secondary N) is 1. The number of fused-ring (bicyclic) bond motifs is 1. The largest absolute Gasteiger partial charge is 0.508 e. The van der Waals surface area contributed by atoms with Crippen molar-refractivity contribution in [3.8, 4) is 5.75 Å². The van der Waals surface area contributed by atoms with Gasteiger partial charge in [-0.2, -0.15) is 0 Å². The SMILES string of the molecule is O=C(Nc1cccc(Cl)c1)c1cc(=O)c2cc(O)ccc2o1. The van der Waals surface area contributed by atoms with E-state index < -0.39 is 11.3 Å². The molecule has 2 N–H and O–H groups in total. The fourth-order valence-corrected chi connectivity index (χ4v) is 2.21. The molecule has 0 bridgehead atoms. The second-order valence-electron chi connectivity index (χ2n) is 4.62. The molecule has 0 saturated heterocycles. The molecule has 1 aromatic heterocycles. The number of carbonyl (C=O) groups excluding carboxylic acids is 1. The van der Waals surface area contributed by atoms with Crippen LogP contribution in [-0.4, -0.2) is 11.0 Å². The molecular formula is C16H10ClNO4. The van der Waals surface area contributed by atoms with E-state index in [1.54, 1.807) is 24.3 Å². The predicted octanol–water partition coefficient (Wildman–Crippen LogP) is 3.40. The van der Waals surface area contributed by atoms with Gasteiger partial charge in [-0.25, -0.2) is 0 Å². The molecule has 0 aliphatic rings. The zero-order valence-corrected chi connectivity index (χ0v) is 11.9. The van der Waals surface area contributed by atoms with Gasteiger partial charge in [0.25, 0.3) is 5.91 Å². The van der Waals surface area contributed by atoms with Crippen LogP contribution in [0.2, 0.25) is 5.02 Å². The first-order valence-corrected chi connectivity index (χ1v) is 6.74. The third-order valence-electron chi connectivity index (χ3n) is 3.02. The van der Waals surface area contributed by atoms with Crippen LogP contribution in [-0.2, 0) is 0 Å². The smallest absolute Gasteiger partial charge is 0.291 e. The summed E-state index contributed by atoms with van der Waals surface area (Å²) < 4.78 is 5.41. The topological polar surface area (TPSA) is 79.5 Å². The summed E-state index contributed by atoms with van der Waals surface area (Å²) in [5.41, 5.74) is 0.306. The zero-order chi connectivity index (χ0) is 15.7. The van der Waals surface area contributed by atoms with E-state index in [4.69, 9.17) is 16.0 Å². The molecule has 3 rings (SSSR count). The number of carbonyl (C=O) groups is 1. The molecule has 22 heavy (non-hydrogen) atoms. The average molecular weight is 316 g/mol. The molecule has 6 heteroatoms. The molecule has 0 fully saturated rings. The highest BCUT2D eigenvalue weighted by Crippen LogP contribution is 2.19. The zero-order valence-electron chi connectivity index (χ0n) is 11.2. The Morgan fingerprint density at radius 3 is 2.73 bits per heavy atom. The Morgan fingerprint density at radius 1 is 1.14 bits per heavy atom. The van der Waals surface area contributed by atoms with Crippen LogP contribution in [0.25, 0.3) is 11.0 Å². The Balaban J connectivity index is 1.98. The lowest BCUT2D eigenvalue weighted by molar-refractivity contribution is 0.0997. The summed E-state index contributed by atoms with van der Waals surface area (Å²) in [4.78, 5) is 24.1. The molecule has 0 aliphatic carbocycles. The van der Waals surface area contributed by atoms with Crippen molar-refractivity contribution in [1.82, 2.24) is 0 Å². The fourth-order valence-electron chi connectivity index (χ4n) is 2.02. The molecule has 0 saturated carbocycles. The Morgan fingerprint density at radius 2 is 1.95 bits per heavy atom. The lowest BCUT2D eigenvalue weighted by atomic mass is 10.2. The van der Waals surface area contributed by atoms with Gasteiger partial charge in [0, 0.05) is 16.8 Å². The Labute approximate surface area is 129 Å². The number of amides is 1. The normalized spacial score (nSPS) is 10.6. The molecule has 0 atom stereocenters. The van der Waals surface area contributed by atoms with Crippen molar-refractivity contribution in [1.29, 1.82) is 0 Å². The number of benzene rings is 2. The van der Waals surface area contributed by atoms with E-state index >= 15 is 0 Å². The van der Waals surface area contributed by atoms with E-state index in [1.165, 1.54) is 18.2 Å². The maximum Gasteiger partial charge on any atom is 0.291 e. The summed E-state index contributed by atoms with van der Waals surface area (Å²) in [6.07, 6.45) is 0. The van der Waals surface area contributed by atoms with Gasteiger partial charge in [0.2, 0.25) is 0 Å². The molecule has 1 amide bonds. The molecule has 110 valence electrons. The predicted molar refractivity (Wildman–Crippen MR) is 83.6 cm³/mol. The first kappa shape index (κ1) is 14.2. The highest BCUT2D eigenvalue weighted by molar-refractivity contribution is 6.30. The third kappa shape index (κ3) is 2.80. The molecule has 5 nitrogen and oxygen atoms in total. The molecule has 2 aromatic carbocycles. The van der Waals surface area contributed by atoms with Crippen molar-refractivity contribution in [3.63, 3.8) is 0 Å². The molecule has 3 aromatic rings. The van der Waals surface area contributed by atoms with Crippen LogP contribution in [0.15, 0.2) is 57.7 Å². The van der Waals surface area contributed by atoms with E-state index in [0.717, 1.165) is 6.07 Å². The standard InChI is InChI=1S/C16H10ClNO4/c17-9-2-1-3-10(6-9)18-16(21)15-8-13(20)12-7-11(19)4-5-14(12)22-15/h1-8,19H,(H,18,21).